The van der Waals surface area contributed by atoms with Crippen molar-refractivity contribution in [3.63, 3.8) is 0 Å². The van der Waals surface area contributed by atoms with Crippen LogP contribution < -0.4 is 10.6 Å². The highest BCUT2D eigenvalue weighted by atomic mass is 16.5. The number of aliphatic carboxylic acids is 1. The third-order valence-corrected chi connectivity index (χ3v) is 4.15. The van der Waals surface area contributed by atoms with Crippen LogP contribution in [0.3, 0.4) is 0 Å². The minimum atomic E-state index is -1.10. The summed E-state index contributed by atoms with van der Waals surface area (Å²) in [7, 11) is 0. The number of carbonyl (C=O) groups excluding carboxylic acids is 1. The lowest BCUT2D eigenvalue weighted by Gasteiger charge is -2.36. The molecule has 3 N–H and O–H groups in total. The van der Waals surface area contributed by atoms with E-state index in [2.05, 4.69) is 17.6 Å². The molecule has 6 heteroatoms. The maximum absolute atomic E-state index is 11.9. The summed E-state index contributed by atoms with van der Waals surface area (Å²) in [5, 5.41) is 14.9. The molecule has 1 saturated carbocycles. The minimum absolute atomic E-state index is 0.00615. The number of urea groups is 1. The van der Waals surface area contributed by atoms with E-state index in [1.807, 2.05) is 0 Å². The summed E-state index contributed by atoms with van der Waals surface area (Å²) in [5.41, 5.74) is -1.10. The normalized spacial score (nSPS) is 34.8. The SMILES string of the molecule is CC1CCC(NC(=O)NC2CCOC2)(C(=O)O)CC1. The average molecular weight is 270 g/mol. The Bertz CT molecular complexity index is 345. The van der Waals surface area contributed by atoms with Gasteiger partial charge in [0.25, 0.3) is 0 Å². The Balaban J connectivity index is 1.92. The van der Waals surface area contributed by atoms with E-state index >= 15 is 0 Å². The van der Waals surface area contributed by atoms with Gasteiger partial charge in [0.2, 0.25) is 0 Å². The fourth-order valence-corrected chi connectivity index (χ4v) is 2.73. The Morgan fingerprint density at radius 3 is 2.47 bits per heavy atom. The Kier molecular flexibility index (Phi) is 4.29. The second-order valence-corrected chi connectivity index (χ2v) is 5.73. The molecule has 0 spiro atoms. The van der Waals surface area contributed by atoms with E-state index in [1.54, 1.807) is 0 Å². The predicted molar refractivity (Wildman–Crippen MR) is 68.9 cm³/mol. The van der Waals surface area contributed by atoms with Gasteiger partial charge in [-0.3, -0.25) is 0 Å². The van der Waals surface area contributed by atoms with Crippen LogP contribution in [0.15, 0.2) is 0 Å². The lowest BCUT2D eigenvalue weighted by Crippen LogP contribution is -2.59. The first kappa shape index (κ1) is 14.1. The van der Waals surface area contributed by atoms with E-state index in [9.17, 15) is 14.7 Å². The number of carboxylic acids is 1. The number of hydrogen-bond acceptors (Lipinski definition) is 3. The average Bonchev–Trinajstić information content (AvgIpc) is 2.84. The molecule has 2 fully saturated rings. The first-order valence-corrected chi connectivity index (χ1v) is 6.92. The standard InChI is InChI=1S/C13H22N2O4/c1-9-2-5-13(6-3-9,11(16)17)15-12(18)14-10-4-7-19-8-10/h9-10H,2-8H2,1H3,(H,16,17)(H2,14,15,18). The largest absolute Gasteiger partial charge is 0.480 e. The quantitative estimate of drug-likeness (QED) is 0.717. The van der Waals surface area contributed by atoms with Crippen molar-refractivity contribution in [2.24, 2.45) is 5.92 Å². The van der Waals surface area contributed by atoms with Gasteiger partial charge in [-0.1, -0.05) is 6.92 Å². The van der Waals surface area contributed by atoms with Crippen molar-refractivity contribution < 1.29 is 19.4 Å². The van der Waals surface area contributed by atoms with Crippen molar-refractivity contribution in [1.82, 2.24) is 10.6 Å². The summed E-state index contributed by atoms with van der Waals surface area (Å²) < 4.78 is 5.18. The van der Waals surface area contributed by atoms with Gasteiger partial charge >= 0.3 is 12.0 Å². The van der Waals surface area contributed by atoms with Crippen molar-refractivity contribution in [1.29, 1.82) is 0 Å². The number of ether oxygens (including phenoxy) is 1. The van der Waals surface area contributed by atoms with Gasteiger partial charge in [-0.25, -0.2) is 9.59 Å². The van der Waals surface area contributed by atoms with Crippen LogP contribution in [-0.2, 0) is 9.53 Å². The number of carboxylic acid groups (broad SMARTS) is 1. The van der Waals surface area contributed by atoms with Crippen LogP contribution >= 0.6 is 0 Å². The first-order chi connectivity index (χ1) is 9.02. The summed E-state index contributed by atoms with van der Waals surface area (Å²) in [6.45, 7) is 3.26. The molecule has 0 aromatic carbocycles. The number of carbonyl (C=O) groups is 2. The molecular weight excluding hydrogens is 248 g/mol. The molecule has 2 aliphatic rings. The molecule has 6 nitrogen and oxygen atoms in total. The van der Waals surface area contributed by atoms with Crippen molar-refractivity contribution in [3.05, 3.63) is 0 Å². The lowest BCUT2D eigenvalue weighted by molar-refractivity contribution is -0.146. The molecular formula is C13H22N2O4. The molecule has 1 unspecified atom stereocenters. The predicted octanol–water partition coefficient (Wildman–Crippen LogP) is 1.11. The van der Waals surface area contributed by atoms with E-state index < -0.39 is 17.5 Å². The highest BCUT2D eigenvalue weighted by Gasteiger charge is 2.42. The van der Waals surface area contributed by atoms with Crippen LogP contribution in [0.5, 0.6) is 0 Å². The smallest absolute Gasteiger partial charge is 0.329 e. The second-order valence-electron chi connectivity index (χ2n) is 5.73. The molecule has 0 aromatic rings. The Morgan fingerprint density at radius 1 is 1.26 bits per heavy atom. The zero-order valence-electron chi connectivity index (χ0n) is 11.3. The molecule has 1 aliphatic carbocycles. The van der Waals surface area contributed by atoms with Gasteiger partial charge in [-0.05, 0) is 38.0 Å². The molecule has 2 rings (SSSR count). The van der Waals surface area contributed by atoms with Crippen molar-refractivity contribution in [2.75, 3.05) is 13.2 Å². The third-order valence-electron chi connectivity index (χ3n) is 4.15. The zero-order chi connectivity index (χ0) is 13.9. The van der Waals surface area contributed by atoms with Crippen LogP contribution in [0.4, 0.5) is 4.79 Å². The maximum Gasteiger partial charge on any atom is 0.329 e. The van der Waals surface area contributed by atoms with Gasteiger partial charge in [-0.2, -0.15) is 0 Å². The van der Waals surface area contributed by atoms with Crippen LogP contribution in [-0.4, -0.2) is 41.9 Å². The Morgan fingerprint density at radius 2 is 1.95 bits per heavy atom. The van der Waals surface area contributed by atoms with Gasteiger partial charge < -0.3 is 20.5 Å². The molecule has 108 valence electrons. The molecule has 0 bridgehead atoms. The highest BCUT2D eigenvalue weighted by molar-refractivity contribution is 5.86. The van der Waals surface area contributed by atoms with Gasteiger partial charge in [0.15, 0.2) is 0 Å². The Labute approximate surface area is 112 Å². The minimum Gasteiger partial charge on any atom is -0.480 e. The maximum atomic E-state index is 11.9. The van der Waals surface area contributed by atoms with Crippen LogP contribution in [0.2, 0.25) is 0 Å². The number of amides is 2. The molecule has 1 atom stereocenters. The van der Waals surface area contributed by atoms with Crippen LogP contribution in [0, 0.1) is 5.92 Å². The van der Waals surface area contributed by atoms with E-state index in [0.717, 1.165) is 19.3 Å². The fourth-order valence-electron chi connectivity index (χ4n) is 2.73. The van der Waals surface area contributed by atoms with Crippen molar-refractivity contribution in [2.45, 2.75) is 50.6 Å². The molecule has 1 aliphatic heterocycles. The van der Waals surface area contributed by atoms with E-state index in [1.165, 1.54) is 0 Å². The number of nitrogens with one attached hydrogen (secondary N) is 2. The molecule has 19 heavy (non-hydrogen) atoms. The third kappa shape index (κ3) is 3.37. The highest BCUT2D eigenvalue weighted by Crippen LogP contribution is 2.32. The van der Waals surface area contributed by atoms with Crippen LogP contribution in [0.1, 0.15) is 39.0 Å². The number of hydrogen-bond donors (Lipinski definition) is 3. The molecule has 2 amide bonds. The van der Waals surface area contributed by atoms with E-state index in [-0.39, 0.29) is 6.04 Å². The lowest BCUT2D eigenvalue weighted by atomic mass is 9.77. The van der Waals surface area contributed by atoms with E-state index in [0.29, 0.717) is 32.0 Å². The van der Waals surface area contributed by atoms with Crippen molar-refractivity contribution >= 4 is 12.0 Å². The Hall–Kier alpha value is -1.30. The molecule has 0 aromatic heterocycles. The van der Waals surface area contributed by atoms with Gasteiger partial charge in [0.05, 0.1) is 12.6 Å². The molecule has 0 radical (unpaired) electrons. The van der Waals surface area contributed by atoms with Crippen LogP contribution in [0.25, 0.3) is 0 Å². The molecule has 1 saturated heterocycles. The van der Waals surface area contributed by atoms with E-state index in [4.69, 9.17) is 4.74 Å². The zero-order valence-corrected chi connectivity index (χ0v) is 11.3. The summed E-state index contributed by atoms with van der Waals surface area (Å²) in [4.78, 5) is 23.4. The topological polar surface area (TPSA) is 87.7 Å². The summed E-state index contributed by atoms with van der Waals surface area (Å²) in [5.74, 6) is -0.405. The monoisotopic (exact) mass is 270 g/mol. The first-order valence-electron chi connectivity index (χ1n) is 6.92. The van der Waals surface area contributed by atoms with Crippen molar-refractivity contribution in [3.8, 4) is 0 Å². The van der Waals surface area contributed by atoms with Gasteiger partial charge in [-0.15, -0.1) is 0 Å². The molecule has 1 heterocycles. The summed E-state index contributed by atoms with van der Waals surface area (Å²) in [6.07, 6.45) is 3.44. The van der Waals surface area contributed by atoms with Gasteiger partial charge in [0, 0.05) is 6.61 Å². The summed E-state index contributed by atoms with van der Waals surface area (Å²) in [6, 6.07) is -0.402. The second kappa shape index (κ2) is 5.77. The van der Waals surface area contributed by atoms with Gasteiger partial charge in [0.1, 0.15) is 5.54 Å². The summed E-state index contributed by atoms with van der Waals surface area (Å²) >= 11 is 0. The number of rotatable bonds is 3. The fraction of sp³-hybridized carbons (Fsp3) is 0.846.